The Balaban J connectivity index is 2.58. The van der Waals surface area contributed by atoms with E-state index in [1.54, 1.807) is 19.9 Å². The molecule has 0 aromatic heterocycles. The number of anilines is 1. The maximum absolute atomic E-state index is 13.0. The third-order valence-corrected chi connectivity index (χ3v) is 2.40. The van der Waals surface area contributed by atoms with E-state index in [2.05, 4.69) is 10.3 Å². The predicted molar refractivity (Wildman–Crippen MR) is 56.7 cm³/mol. The summed E-state index contributed by atoms with van der Waals surface area (Å²) >= 11 is 0. The van der Waals surface area contributed by atoms with Gasteiger partial charge in [0.15, 0.2) is 0 Å². The van der Waals surface area contributed by atoms with E-state index in [9.17, 15) is 9.18 Å². The lowest BCUT2D eigenvalue weighted by Gasteiger charge is -2.06. The highest BCUT2D eigenvalue weighted by Crippen LogP contribution is 2.21. The Labute approximate surface area is 87.0 Å². The van der Waals surface area contributed by atoms with Gasteiger partial charge in [0, 0.05) is 11.3 Å². The molecule has 2 rings (SSSR count). The van der Waals surface area contributed by atoms with Crippen molar-refractivity contribution in [1.29, 1.82) is 0 Å². The highest BCUT2D eigenvalue weighted by Gasteiger charge is 2.19. The van der Waals surface area contributed by atoms with Crippen molar-refractivity contribution in [2.24, 2.45) is 4.99 Å². The van der Waals surface area contributed by atoms with Crippen molar-refractivity contribution in [3.05, 3.63) is 29.6 Å². The largest absolute Gasteiger partial charge is 0.324 e. The molecule has 1 N–H and O–H groups in total. The number of fused-ring (bicyclic) bond motifs is 1. The van der Waals surface area contributed by atoms with E-state index >= 15 is 0 Å². The third kappa shape index (κ3) is 1.75. The van der Waals surface area contributed by atoms with Crippen LogP contribution in [0.1, 0.15) is 19.4 Å². The van der Waals surface area contributed by atoms with Gasteiger partial charge in [-0.15, -0.1) is 0 Å². The van der Waals surface area contributed by atoms with Gasteiger partial charge >= 0.3 is 0 Å². The standard InChI is InChI=1S/C11H11FN2O/c1-6-9-5-8(12)3-4-10(9)14-11(15)7(2)13-6/h3-5,7H,1-2H3,(H,14,15). The molecule has 1 atom stereocenters. The van der Waals surface area contributed by atoms with Crippen LogP contribution in [0.15, 0.2) is 23.2 Å². The first-order valence-corrected chi connectivity index (χ1v) is 4.73. The van der Waals surface area contributed by atoms with E-state index in [0.717, 1.165) is 0 Å². The first kappa shape index (κ1) is 9.83. The molecule has 1 aromatic rings. The van der Waals surface area contributed by atoms with Gasteiger partial charge in [-0.25, -0.2) is 4.39 Å². The van der Waals surface area contributed by atoms with Gasteiger partial charge in [0.25, 0.3) is 0 Å². The fourth-order valence-corrected chi connectivity index (χ4v) is 1.58. The van der Waals surface area contributed by atoms with Crippen LogP contribution >= 0.6 is 0 Å². The number of amides is 1. The number of aliphatic imine (C=N–C) groups is 1. The predicted octanol–water partition coefficient (Wildman–Crippen LogP) is 1.98. The van der Waals surface area contributed by atoms with Crippen LogP contribution in [0.2, 0.25) is 0 Å². The lowest BCUT2D eigenvalue weighted by atomic mass is 10.1. The molecule has 3 nitrogen and oxygen atoms in total. The smallest absolute Gasteiger partial charge is 0.248 e. The molecular formula is C11H11FN2O. The van der Waals surface area contributed by atoms with Gasteiger partial charge in [-0.05, 0) is 32.0 Å². The maximum atomic E-state index is 13.0. The molecule has 1 aliphatic heterocycles. The number of rotatable bonds is 0. The number of benzodiazepines with no additional fused rings is 1. The highest BCUT2D eigenvalue weighted by molar-refractivity contribution is 6.10. The van der Waals surface area contributed by atoms with Crippen molar-refractivity contribution in [3.8, 4) is 0 Å². The van der Waals surface area contributed by atoms with Crippen molar-refractivity contribution in [3.63, 3.8) is 0 Å². The Morgan fingerprint density at radius 2 is 2.20 bits per heavy atom. The van der Waals surface area contributed by atoms with Crippen LogP contribution in [0, 0.1) is 5.82 Å². The van der Waals surface area contributed by atoms with E-state index in [-0.39, 0.29) is 11.7 Å². The average molecular weight is 206 g/mol. The molecule has 0 radical (unpaired) electrons. The summed E-state index contributed by atoms with van der Waals surface area (Å²) in [6.07, 6.45) is 0. The Morgan fingerprint density at radius 3 is 2.93 bits per heavy atom. The van der Waals surface area contributed by atoms with Crippen LogP contribution in [-0.2, 0) is 4.79 Å². The normalized spacial score (nSPS) is 20.1. The maximum Gasteiger partial charge on any atom is 0.248 e. The van der Waals surface area contributed by atoms with Crippen LogP contribution in [0.4, 0.5) is 10.1 Å². The number of carbonyl (C=O) groups is 1. The summed E-state index contributed by atoms with van der Waals surface area (Å²) in [6, 6.07) is 3.83. The van der Waals surface area contributed by atoms with Gasteiger partial charge in [0.1, 0.15) is 11.9 Å². The summed E-state index contributed by atoms with van der Waals surface area (Å²) in [5, 5.41) is 2.71. The van der Waals surface area contributed by atoms with Crippen molar-refractivity contribution in [2.75, 3.05) is 5.32 Å². The lowest BCUT2D eigenvalue weighted by molar-refractivity contribution is -0.116. The van der Waals surface area contributed by atoms with E-state index in [4.69, 9.17) is 0 Å². The van der Waals surface area contributed by atoms with Gasteiger partial charge in [-0.3, -0.25) is 9.79 Å². The minimum atomic E-state index is -0.430. The van der Waals surface area contributed by atoms with Crippen molar-refractivity contribution >= 4 is 17.3 Å². The molecule has 4 heteroatoms. The molecular weight excluding hydrogens is 195 g/mol. The number of carbonyl (C=O) groups excluding carboxylic acids is 1. The number of hydrogen-bond donors (Lipinski definition) is 1. The van der Waals surface area contributed by atoms with Gasteiger partial charge in [0.05, 0.1) is 5.69 Å². The number of nitrogens with one attached hydrogen (secondary N) is 1. The van der Waals surface area contributed by atoms with Gasteiger partial charge < -0.3 is 5.32 Å². The summed E-state index contributed by atoms with van der Waals surface area (Å²) in [4.78, 5) is 15.7. The Bertz CT molecular complexity index is 454. The van der Waals surface area contributed by atoms with Gasteiger partial charge in [-0.1, -0.05) is 0 Å². The van der Waals surface area contributed by atoms with E-state index in [1.807, 2.05) is 0 Å². The minimum absolute atomic E-state index is 0.167. The van der Waals surface area contributed by atoms with E-state index in [1.165, 1.54) is 12.1 Å². The second-order valence-electron chi connectivity index (χ2n) is 3.57. The van der Waals surface area contributed by atoms with Crippen LogP contribution in [0.25, 0.3) is 0 Å². The van der Waals surface area contributed by atoms with Crippen molar-refractivity contribution in [2.45, 2.75) is 19.9 Å². The quantitative estimate of drug-likeness (QED) is 0.692. The molecule has 15 heavy (non-hydrogen) atoms. The molecule has 78 valence electrons. The first-order chi connectivity index (χ1) is 7.08. The average Bonchev–Trinajstić information content (AvgIpc) is 2.28. The number of halogens is 1. The lowest BCUT2D eigenvalue weighted by Crippen LogP contribution is -2.22. The monoisotopic (exact) mass is 206 g/mol. The summed E-state index contributed by atoms with van der Waals surface area (Å²) in [5.41, 5.74) is 1.94. The Morgan fingerprint density at radius 1 is 1.47 bits per heavy atom. The van der Waals surface area contributed by atoms with E-state index < -0.39 is 6.04 Å². The zero-order valence-electron chi connectivity index (χ0n) is 8.54. The van der Waals surface area contributed by atoms with Crippen LogP contribution in [0.5, 0.6) is 0 Å². The SMILES string of the molecule is CC1=NC(C)C(=O)Nc2ccc(F)cc21. The molecule has 0 spiro atoms. The number of hydrogen-bond acceptors (Lipinski definition) is 2. The second-order valence-corrected chi connectivity index (χ2v) is 3.57. The summed E-state index contributed by atoms with van der Waals surface area (Å²) in [6.45, 7) is 3.48. The summed E-state index contributed by atoms with van der Waals surface area (Å²) in [5.74, 6) is -0.494. The summed E-state index contributed by atoms with van der Waals surface area (Å²) in [7, 11) is 0. The van der Waals surface area contributed by atoms with Crippen LogP contribution in [0.3, 0.4) is 0 Å². The molecule has 0 saturated heterocycles. The molecule has 0 bridgehead atoms. The first-order valence-electron chi connectivity index (χ1n) is 4.73. The number of nitrogens with zero attached hydrogens (tertiary/aromatic N) is 1. The van der Waals surface area contributed by atoms with Crippen molar-refractivity contribution < 1.29 is 9.18 Å². The topological polar surface area (TPSA) is 41.5 Å². The fourth-order valence-electron chi connectivity index (χ4n) is 1.58. The second kappa shape index (κ2) is 3.46. The molecule has 1 amide bonds. The van der Waals surface area contributed by atoms with Gasteiger partial charge in [0.2, 0.25) is 5.91 Å². The van der Waals surface area contributed by atoms with E-state index in [0.29, 0.717) is 17.0 Å². The highest BCUT2D eigenvalue weighted by atomic mass is 19.1. The zero-order chi connectivity index (χ0) is 11.0. The van der Waals surface area contributed by atoms with Crippen LogP contribution in [-0.4, -0.2) is 17.7 Å². The van der Waals surface area contributed by atoms with Crippen molar-refractivity contribution in [1.82, 2.24) is 0 Å². The molecule has 1 unspecified atom stereocenters. The third-order valence-electron chi connectivity index (χ3n) is 2.40. The molecule has 1 heterocycles. The molecule has 0 saturated carbocycles. The van der Waals surface area contributed by atoms with Gasteiger partial charge in [-0.2, -0.15) is 0 Å². The Hall–Kier alpha value is -1.71. The molecule has 1 aliphatic rings. The summed E-state index contributed by atoms with van der Waals surface area (Å²) < 4.78 is 13.0. The minimum Gasteiger partial charge on any atom is -0.324 e. The Kier molecular flexibility index (Phi) is 2.26. The van der Waals surface area contributed by atoms with Crippen LogP contribution < -0.4 is 5.32 Å². The number of benzene rings is 1. The molecule has 0 fully saturated rings. The molecule has 0 aliphatic carbocycles. The fraction of sp³-hybridized carbons (Fsp3) is 0.273. The zero-order valence-corrected chi connectivity index (χ0v) is 8.54. The molecule has 1 aromatic carbocycles.